The maximum atomic E-state index is 3.95. The highest BCUT2D eigenvalue weighted by molar-refractivity contribution is 9.09. The molecule has 0 nitrogen and oxygen atoms in total. The maximum absolute atomic E-state index is 3.95. The molecule has 0 amide bonds. The van der Waals surface area contributed by atoms with E-state index < -0.39 is 0 Å². The van der Waals surface area contributed by atoms with Gasteiger partial charge in [0, 0.05) is 4.83 Å². The predicted octanol–water partition coefficient (Wildman–Crippen LogP) is 2.88. The van der Waals surface area contributed by atoms with E-state index in [0.29, 0.717) is 0 Å². The second-order valence-corrected chi connectivity index (χ2v) is 4.90. The van der Waals surface area contributed by atoms with Crippen LogP contribution in [0.1, 0.15) is 25.7 Å². The minimum absolute atomic E-state index is 0.741. The summed E-state index contributed by atoms with van der Waals surface area (Å²) >= 11 is 3.60. The van der Waals surface area contributed by atoms with Crippen molar-refractivity contribution in [2.75, 3.05) is 0 Å². The second kappa shape index (κ2) is 1.63. The van der Waals surface area contributed by atoms with Crippen molar-refractivity contribution in [3.63, 3.8) is 0 Å². The van der Waals surface area contributed by atoms with Crippen molar-refractivity contribution in [2.24, 2.45) is 5.41 Å². The Balaban J connectivity index is 1.94. The van der Waals surface area contributed by atoms with Crippen LogP contribution in [0.15, 0.2) is 12.2 Å². The molecule has 0 N–H and O–H groups in total. The molecule has 0 heterocycles. The Kier molecular flexibility index (Phi) is 1.08. The monoisotopic (exact) mass is 186 g/mol. The standard InChI is InChI=1S/C8H11Br/c1-6-2-8(3-6)4-7(9)5-8/h7H,1-5H2. The van der Waals surface area contributed by atoms with Gasteiger partial charge >= 0.3 is 0 Å². The molecule has 2 aliphatic carbocycles. The summed E-state index contributed by atoms with van der Waals surface area (Å²) in [4.78, 5) is 0.825. The quantitative estimate of drug-likeness (QED) is 0.404. The van der Waals surface area contributed by atoms with E-state index in [1.165, 1.54) is 31.3 Å². The molecule has 0 saturated heterocycles. The average Bonchev–Trinajstić information content (AvgIpc) is 1.58. The largest absolute Gasteiger partial charge is 0.0998 e. The normalized spacial score (nSPS) is 31.9. The highest BCUT2D eigenvalue weighted by Crippen LogP contribution is 2.59. The molecule has 0 bridgehead atoms. The first-order valence-corrected chi connectivity index (χ1v) is 4.43. The SMILES string of the molecule is C=C1CC2(C1)CC(Br)C2. The van der Waals surface area contributed by atoms with Crippen molar-refractivity contribution in [2.45, 2.75) is 30.5 Å². The van der Waals surface area contributed by atoms with Crippen LogP contribution < -0.4 is 0 Å². The molecule has 0 aromatic carbocycles. The fraction of sp³-hybridized carbons (Fsp3) is 0.750. The third kappa shape index (κ3) is 0.778. The molecule has 0 atom stereocenters. The van der Waals surface area contributed by atoms with Crippen LogP contribution in [0.3, 0.4) is 0 Å². The van der Waals surface area contributed by atoms with Crippen molar-refractivity contribution < 1.29 is 0 Å². The number of hydrogen-bond donors (Lipinski definition) is 0. The van der Waals surface area contributed by atoms with Gasteiger partial charge in [-0.15, -0.1) is 0 Å². The van der Waals surface area contributed by atoms with Gasteiger partial charge in [-0.25, -0.2) is 0 Å². The summed E-state index contributed by atoms with van der Waals surface area (Å²) in [7, 11) is 0. The van der Waals surface area contributed by atoms with Crippen LogP contribution in [0.5, 0.6) is 0 Å². The van der Waals surface area contributed by atoms with Gasteiger partial charge in [0.2, 0.25) is 0 Å². The molecule has 1 heteroatoms. The van der Waals surface area contributed by atoms with E-state index in [0.717, 1.165) is 10.2 Å². The molecule has 0 aromatic heterocycles. The number of allylic oxidation sites excluding steroid dienone is 1. The zero-order valence-electron chi connectivity index (χ0n) is 5.49. The minimum atomic E-state index is 0.741. The van der Waals surface area contributed by atoms with Gasteiger partial charge in [-0.2, -0.15) is 0 Å². The summed E-state index contributed by atoms with van der Waals surface area (Å²) in [6.45, 7) is 3.95. The van der Waals surface area contributed by atoms with E-state index in [4.69, 9.17) is 0 Å². The van der Waals surface area contributed by atoms with Crippen LogP contribution in [-0.4, -0.2) is 4.83 Å². The van der Waals surface area contributed by atoms with Crippen LogP contribution in [0.4, 0.5) is 0 Å². The molecule has 2 rings (SSSR count). The van der Waals surface area contributed by atoms with Gasteiger partial charge in [0.25, 0.3) is 0 Å². The molecule has 2 saturated carbocycles. The van der Waals surface area contributed by atoms with Crippen molar-refractivity contribution in [1.29, 1.82) is 0 Å². The predicted molar refractivity (Wildman–Crippen MR) is 42.8 cm³/mol. The summed E-state index contributed by atoms with van der Waals surface area (Å²) in [5, 5.41) is 0. The lowest BCUT2D eigenvalue weighted by atomic mass is 9.54. The maximum Gasteiger partial charge on any atom is 0.0156 e. The Morgan fingerprint density at radius 3 is 2.33 bits per heavy atom. The van der Waals surface area contributed by atoms with Crippen molar-refractivity contribution in [3.05, 3.63) is 12.2 Å². The van der Waals surface area contributed by atoms with Crippen molar-refractivity contribution in [3.8, 4) is 0 Å². The third-order valence-corrected chi connectivity index (χ3v) is 3.21. The van der Waals surface area contributed by atoms with Crippen molar-refractivity contribution in [1.82, 2.24) is 0 Å². The van der Waals surface area contributed by atoms with E-state index in [1.807, 2.05) is 0 Å². The highest BCUT2D eigenvalue weighted by Gasteiger charge is 2.48. The Labute approximate surface area is 64.5 Å². The summed E-state index contributed by atoms with van der Waals surface area (Å²) < 4.78 is 0. The molecule has 9 heavy (non-hydrogen) atoms. The minimum Gasteiger partial charge on any atom is -0.0998 e. The van der Waals surface area contributed by atoms with Gasteiger partial charge in [-0.1, -0.05) is 28.1 Å². The lowest BCUT2D eigenvalue weighted by molar-refractivity contribution is 0.0917. The second-order valence-electron chi connectivity index (χ2n) is 3.61. The van der Waals surface area contributed by atoms with Gasteiger partial charge in [0.05, 0.1) is 0 Å². The molecular weight excluding hydrogens is 176 g/mol. The van der Waals surface area contributed by atoms with E-state index >= 15 is 0 Å². The van der Waals surface area contributed by atoms with Gasteiger partial charge in [0.15, 0.2) is 0 Å². The molecule has 2 fully saturated rings. The van der Waals surface area contributed by atoms with Crippen LogP contribution in [-0.2, 0) is 0 Å². The Hall–Kier alpha value is 0.220. The molecule has 0 aliphatic heterocycles. The molecule has 0 unspecified atom stereocenters. The summed E-state index contributed by atoms with van der Waals surface area (Å²) in [6, 6.07) is 0. The zero-order chi connectivity index (χ0) is 6.48. The molecule has 50 valence electrons. The topological polar surface area (TPSA) is 0 Å². The fourth-order valence-electron chi connectivity index (χ4n) is 2.18. The van der Waals surface area contributed by atoms with E-state index in [1.54, 1.807) is 0 Å². The van der Waals surface area contributed by atoms with Crippen LogP contribution in [0.2, 0.25) is 0 Å². The number of alkyl halides is 1. The van der Waals surface area contributed by atoms with Crippen molar-refractivity contribution >= 4 is 15.9 Å². The summed E-state index contributed by atoms with van der Waals surface area (Å²) in [5.74, 6) is 0. The Morgan fingerprint density at radius 2 is 2.00 bits per heavy atom. The molecule has 1 spiro atoms. The zero-order valence-corrected chi connectivity index (χ0v) is 7.08. The third-order valence-electron chi connectivity index (χ3n) is 2.56. The van der Waals surface area contributed by atoms with Gasteiger partial charge in [-0.3, -0.25) is 0 Å². The molecule has 0 radical (unpaired) electrons. The Morgan fingerprint density at radius 1 is 1.44 bits per heavy atom. The highest BCUT2D eigenvalue weighted by atomic mass is 79.9. The molecule has 2 aliphatic rings. The first-order valence-electron chi connectivity index (χ1n) is 3.51. The van der Waals surface area contributed by atoms with Crippen LogP contribution >= 0.6 is 15.9 Å². The first-order chi connectivity index (χ1) is 4.20. The van der Waals surface area contributed by atoms with Gasteiger partial charge in [0.1, 0.15) is 0 Å². The van der Waals surface area contributed by atoms with E-state index in [9.17, 15) is 0 Å². The number of hydrogen-bond acceptors (Lipinski definition) is 0. The van der Waals surface area contributed by atoms with Crippen LogP contribution in [0.25, 0.3) is 0 Å². The average molecular weight is 187 g/mol. The van der Waals surface area contributed by atoms with Crippen LogP contribution in [0, 0.1) is 5.41 Å². The summed E-state index contributed by atoms with van der Waals surface area (Å²) in [5.41, 5.74) is 2.21. The number of halogens is 1. The Bertz CT molecular complexity index is 144. The van der Waals surface area contributed by atoms with Gasteiger partial charge < -0.3 is 0 Å². The first kappa shape index (κ1) is 5.96. The van der Waals surface area contributed by atoms with E-state index in [2.05, 4.69) is 22.5 Å². The summed E-state index contributed by atoms with van der Waals surface area (Å²) in [6.07, 6.45) is 5.42. The molecular formula is C8H11Br. The fourth-order valence-corrected chi connectivity index (χ4v) is 3.55. The molecule has 0 aromatic rings. The lowest BCUT2D eigenvalue weighted by Gasteiger charge is -2.53. The smallest absolute Gasteiger partial charge is 0.0156 e. The number of rotatable bonds is 0. The lowest BCUT2D eigenvalue weighted by Crippen LogP contribution is -2.44. The van der Waals surface area contributed by atoms with Gasteiger partial charge in [-0.05, 0) is 31.1 Å². The van der Waals surface area contributed by atoms with E-state index in [-0.39, 0.29) is 0 Å².